The van der Waals surface area contributed by atoms with E-state index in [0.29, 0.717) is 18.9 Å². The van der Waals surface area contributed by atoms with Crippen LogP contribution in [-0.2, 0) is 23.8 Å². The van der Waals surface area contributed by atoms with Gasteiger partial charge in [0.05, 0.1) is 46.0 Å². The zero-order valence-corrected chi connectivity index (χ0v) is 17.4. The maximum Gasteiger partial charge on any atom is 0.240 e. The zero-order valence-electron chi connectivity index (χ0n) is 14.2. The summed E-state index contributed by atoms with van der Waals surface area (Å²) in [6.07, 6.45) is -0.747. The lowest BCUT2D eigenvalue weighted by atomic mass is 9.67. The van der Waals surface area contributed by atoms with Crippen LogP contribution < -0.4 is 4.90 Å². The van der Waals surface area contributed by atoms with E-state index in [1.54, 1.807) is 0 Å². The van der Waals surface area contributed by atoms with Crippen molar-refractivity contribution in [2.45, 2.75) is 34.1 Å². The molecule has 4 saturated heterocycles. The molecule has 0 N–H and O–H groups in total. The van der Waals surface area contributed by atoms with Crippen molar-refractivity contribution < 1.29 is 28.2 Å². The average molecular weight is 505 g/mol. The molecule has 5 rings (SSSR count). The van der Waals surface area contributed by atoms with E-state index in [-0.39, 0.29) is 21.5 Å². The number of hydrogen-bond acceptors (Lipinski definition) is 5. The first-order chi connectivity index (χ1) is 12.8. The van der Waals surface area contributed by atoms with Gasteiger partial charge in [0, 0.05) is 0 Å². The normalized spacial score (nSPS) is 43.8. The fraction of sp³-hybridized carbons (Fsp3) is 0.556. The molecular formula is C18H16Br2FNO5. The molecule has 27 heavy (non-hydrogen) atoms. The van der Waals surface area contributed by atoms with Crippen molar-refractivity contribution in [1.82, 2.24) is 0 Å². The Kier molecular flexibility index (Phi) is 3.92. The maximum atomic E-state index is 13.4. The molecule has 0 radical (unpaired) electrons. The maximum absolute atomic E-state index is 13.4. The third-order valence-electron chi connectivity index (χ3n) is 6.12. The quantitative estimate of drug-likeness (QED) is 0.457. The van der Waals surface area contributed by atoms with Crippen LogP contribution in [0, 0.1) is 17.7 Å². The molecular weight excluding hydrogens is 489 g/mol. The number of amides is 2. The van der Waals surface area contributed by atoms with Gasteiger partial charge in [-0.05, 0) is 31.2 Å². The molecule has 9 heteroatoms. The van der Waals surface area contributed by atoms with Crippen molar-refractivity contribution in [3.63, 3.8) is 0 Å². The van der Waals surface area contributed by atoms with Gasteiger partial charge in [0.25, 0.3) is 0 Å². The van der Waals surface area contributed by atoms with Gasteiger partial charge in [-0.25, -0.2) is 9.29 Å². The number of imide groups is 1. The molecule has 6 nitrogen and oxygen atoms in total. The lowest BCUT2D eigenvalue weighted by molar-refractivity contribution is -0.200. The summed E-state index contributed by atoms with van der Waals surface area (Å²) in [6.45, 7) is 2.64. The van der Waals surface area contributed by atoms with Gasteiger partial charge < -0.3 is 14.2 Å². The number of carbonyl (C=O) groups is 2. The predicted molar refractivity (Wildman–Crippen MR) is 99.2 cm³/mol. The summed E-state index contributed by atoms with van der Waals surface area (Å²) in [5.41, 5.74) is -1.68. The summed E-state index contributed by atoms with van der Waals surface area (Å²) in [6, 6.07) is 5.33. The second-order valence-electron chi connectivity index (χ2n) is 7.46. The van der Waals surface area contributed by atoms with Gasteiger partial charge in [-0.15, -0.1) is 0 Å². The molecule has 4 aliphatic rings. The van der Waals surface area contributed by atoms with Crippen LogP contribution >= 0.6 is 31.9 Å². The third kappa shape index (κ3) is 2.09. The minimum absolute atomic E-state index is 0.219. The van der Waals surface area contributed by atoms with Gasteiger partial charge in [0.1, 0.15) is 11.4 Å². The number of alkyl halides is 2. The van der Waals surface area contributed by atoms with E-state index in [1.165, 1.54) is 24.3 Å². The van der Waals surface area contributed by atoms with Crippen molar-refractivity contribution >= 4 is 49.4 Å². The lowest BCUT2D eigenvalue weighted by Gasteiger charge is -2.39. The average Bonchev–Trinajstić information content (AvgIpc) is 3.36. The molecule has 0 aliphatic carbocycles. The second kappa shape index (κ2) is 5.82. The highest BCUT2D eigenvalue weighted by molar-refractivity contribution is 9.12. The number of ether oxygens (including phenoxy) is 3. The van der Waals surface area contributed by atoms with E-state index in [0.717, 1.165) is 4.90 Å². The van der Waals surface area contributed by atoms with Gasteiger partial charge in [0.15, 0.2) is 6.29 Å². The summed E-state index contributed by atoms with van der Waals surface area (Å²) in [5.74, 6) is -2.58. The molecule has 1 aromatic carbocycles. The van der Waals surface area contributed by atoms with Gasteiger partial charge in [-0.2, -0.15) is 0 Å². The lowest BCUT2D eigenvalue weighted by Crippen LogP contribution is -2.59. The number of carbonyl (C=O) groups excluding carboxylic acids is 2. The van der Waals surface area contributed by atoms with E-state index >= 15 is 0 Å². The van der Waals surface area contributed by atoms with Crippen LogP contribution in [0.3, 0.4) is 0 Å². The topological polar surface area (TPSA) is 65.1 Å². The first kappa shape index (κ1) is 18.2. The zero-order chi connectivity index (χ0) is 19.1. The number of fused-ring (bicyclic) bond motifs is 5. The molecule has 4 aliphatic heterocycles. The first-order valence-corrected chi connectivity index (χ1v) is 10.5. The van der Waals surface area contributed by atoms with Gasteiger partial charge in [-0.3, -0.25) is 9.59 Å². The Morgan fingerprint density at radius 3 is 2.26 bits per heavy atom. The number of nitrogens with zero attached hydrogens (tertiary/aromatic N) is 1. The van der Waals surface area contributed by atoms with Gasteiger partial charge >= 0.3 is 0 Å². The summed E-state index contributed by atoms with van der Waals surface area (Å²) < 4.78 is 31.2. The first-order valence-electron chi connectivity index (χ1n) is 8.67. The monoisotopic (exact) mass is 503 g/mol. The minimum Gasteiger partial charge on any atom is -0.359 e. The van der Waals surface area contributed by atoms with Crippen LogP contribution in [-0.4, -0.2) is 52.2 Å². The highest BCUT2D eigenvalue weighted by atomic mass is 79.9. The Morgan fingerprint density at radius 1 is 1.04 bits per heavy atom. The Morgan fingerprint density at radius 2 is 1.63 bits per heavy atom. The molecule has 0 unspecified atom stereocenters. The van der Waals surface area contributed by atoms with Crippen LogP contribution in [0.15, 0.2) is 24.3 Å². The van der Waals surface area contributed by atoms with Gasteiger partial charge in [0.2, 0.25) is 11.8 Å². The summed E-state index contributed by atoms with van der Waals surface area (Å²) in [5, 5.41) is 0. The molecule has 4 fully saturated rings. The van der Waals surface area contributed by atoms with Crippen LogP contribution in [0.4, 0.5) is 10.1 Å². The highest BCUT2D eigenvalue weighted by Crippen LogP contribution is 2.66. The highest BCUT2D eigenvalue weighted by Gasteiger charge is 2.82. The summed E-state index contributed by atoms with van der Waals surface area (Å²) >= 11 is 7.32. The molecule has 0 aromatic heterocycles. The smallest absolute Gasteiger partial charge is 0.240 e. The Labute approximate surface area is 171 Å². The second-order valence-corrected chi connectivity index (χ2v) is 9.43. The fourth-order valence-electron chi connectivity index (χ4n) is 4.97. The largest absolute Gasteiger partial charge is 0.359 e. The van der Waals surface area contributed by atoms with E-state index < -0.39 is 35.1 Å². The predicted octanol–water partition coefficient (Wildman–Crippen LogP) is 2.37. The Balaban J connectivity index is 1.63. The minimum atomic E-state index is -1.12. The Hall–Kier alpha value is -0.870. The number of rotatable bonds is 2. The van der Waals surface area contributed by atoms with Crippen LogP contribution in [0.5, 0.6) is 0 Å². The number of benzene rings is 1. The molecule has 144 valence electrons. The Bertz CT molecular complexity index is 828. The van der Waals surface area contributed by atoms with Crippen LogP contribution in [0.2, 0.25) is 0 Å². The van der Waals surface area contributed by atoms with Crippen molar-refractivity contribution in [2.24, 2.45) is 11.8 Å². The number of anilines is 1. The number of halogens is 3. The molecule has 1 aromatic rings. The molecule has 2 amide bonds. The SMILES string of the molecule is C[C@@]12O[C@@](C3OCCO3)([C@H](Br)[C@@H]1Br)[C@H]1C(=O)N(c3ccc(F)cc3)C(=O)[C@H]12. The molecule has 2 bridgehead atoms. The van der Waals surface area contributed by atoms with Crippen LogP contribution in [0.25, 0.3) is 0 Å². The van der Waals surface area contributed by atoms with Crippen molar-refractivity contribution in [2.75, 3.05) is 18.1 Å². The number of hydrogen-bond donors (Lipinski definition) is 0. The van der Waals surface area contributed by atoms with E-state index in [9.17, 15) is 14.0 Å². The third-order valence-corrected chi connectivity index (χ3v) is 9.51. The van der Waals surface area contributed by atoms with E-state index in [4.69, 9.17) is 14.2 Å². The van der Waals surface area contributed by atoms with Crippen molar-refractivity contribution in [1.29, 1.82) is 0 Å². The van der Waals surface area contributed by atoms with E-state index in [1.807, 2.05) is 6.92 Å². The van der Waals surface area contributed by atoms with Crippen molar-refractivity contribution in [3.8, 4) is 0 Å². The molecule has 6 atom stereocenters. The standard InChI is InChI=1S/C18H16Br2FNO5/c1-17-10-11(15(24)22(14(10)23)9-4-2-8(21)3-5-9)18(27-17,13(20)12(17)19)16-25-6-7-26-16/h2-5,10-13,16H,6-7H2,1H3/t10-,11+,12-,13+,17-,18+/m0/s1. The summed E-state index contributed by atoms with van der Waals surface area (Å²) in [4.78, 5) is 27.4. The van der Waals surface area contributed by atoms with Crippen molar-refractivity contribution in [3.05, 3.63) is 30.1 Å². The molecule has 4 heterocycles. The van der Waals surface area contributed by atoms with E-state index in [2.05, 4.69) is 31.9 Å². The summed E-state index contributed by atoms with van der Waals surface area (Å²) in [7, 11) is 0. The molecule has 0 saturated carbocycles. The fourth-order valence-corrected chi connectivity index (χ4v) is 6.88. The van der Waals surface area contributed by atoms with Gasteiger partial charge in [-0.1, -0.05) is 31.9 Å². The van der Waals surface area contributed by atoms with Crippen LogP contribution in [0.1, 0.15) is 6.92 Å². The molecule has 0 spiro atoms.